The molecule has 2 rings (SSSR count). The van der Waals surface area contributed by atoms with Crippen molar-refractivity contribution in [3.63, 3.8) is 0 Å². The fraction of sp³-hybridized carbons (Fsp3) is 0.263. The summed E-state index contributed by atoms with van der Waals surface area (Å²) in [5.41, 5.74) is -1.11. The number of hydrogen-bond donors (Lipinski definition) is 0. The second-order valence-electron chi connectivity index (χ2n) is 6.94. The zero-order valence-electron chi connectivity index (χ0n) is 15.0. The molecule has 0 aliphatic heterocycles. The maximum Gasteiger partial charge on any atom is 0.344 e. The van der Waals surface area contributed by atoms with Gasteiger partial charge in [-0.15, -0.1) is 0 Å². The van der Waals surface area contributed by atoms with Gasteiger partial charge in [-0.3, -0.25) is 10.1 Å². The monoisotopic (exact) mass is 375 g/mol. The third-order valence-electron chi connectivity index (χ3n) is 3.32. The maximum absolute atomic E-state index is 13.2. The molecule has 0 atom stereocenters. The van der Waals surface area contributed by atoms with E-state index in [0.29, 0.717) is 6.07 Å². The van der Waals surface area contributed by atoms with Gasteiger partial charge in [-0.25, -0.2) is 14.0 Å². The van der Waals surface area contributed by atoms with Crippen LogP contribution < -0.4 is 4.74 Å². The van der Waals surface area contributed by atoms with Crippen molar-refractivity contribution in [2.45, 2.75) is 20.8 Å². The van der Waals surface area contributed by atoms with E-state index in [2.05, 4.69) is 0 Å². The zero-order valence-corrected chi connectivity index (χ0v) is 15.0. The van der Waals surface area contributed by atoms with Crippen LogP contribution in [0.3, 0.4) is 0 Å². The Morgan fingerprint density at radius 3 is 2.22 bits per heavy atom. The van der Waals surface area contributed by atoms with Crippen molar-refractivity contribution in [2.75, 3.05) is 6.61 Å². The molecule has 8 heteroatoms. The molecule has 0 unspecified atom stereocenters. The largest absolute Gasteiger partial charge is 0.462 e. The van der Waals surface area contributed by atoms with Crippen molar-refractivity contribution in [2.24, 2.45) is 5.41 Å². The minimum absolute atomic E-state index is 0.0310. The molecule has 0 N–H and O–H groups in total. The van der Waals surface area contributed by atoms with Gasteiger partial charge in [0.15, 0.2) is 0 Å². The lowest BCUT2D eigenvalue weighted by Gasteiger charge is -2.18. The fourth-order valence-corrected chi connectivity index (χ4v) is 2.07. The molecule has 0 saturated carbocycles. The zero-order chi connectivity index (χ0) is 20.2. The Morgan fingerprint density at radius 1 is 1.07 bits per heavy atom. The number of nitro benzene ring substituents is 1. The van der Waals surface area contributed by atoms with Crippen molar-refractivity contribution in [1.29, 1.82) is 0 Å². The molecule has 0 bridgehead atoms. The van der Waals surface area contributed by atoms with Crippen LogP contribution in [0.15, 0.2) is 42.5 Å². The van der Waals surface area contributed by atoms with Gasteiger partial charge in [0.25, 0.3) is 0 Å². The van der Waals surface area contributed by atoms with Crippen LogP contribution in [0.4, 0.5) is 10.1 Å². The van der Waals surface area contributed by atoms with E-state index in [-0.39, 0.29) is 23.1 Å². The van der Waals surface area contributed by atoms with Crippen molar-refractivity contribution >= 4 is 17.6 Å². The van der Waals surface area contributed by atoms with Gasteiger partial charge in [0.2, 0.25) is 5.75 Å². The van der Waals surface area contributed by atoms with E-state index < -0.39 is 34.1 Å². The standard InChI is InChI=1S/C19H18FNO6/c1-19(2,3)11-26-17(22)13-6-4-5-7-14(13)18(23)27-16-9-8-12(20)10-15(16)21(24)25/h4-10H,11H2,1-3H3. The van der Waals surface area contributed by atoms with Gasteiger partial charge in [0.1, 0.15) is 5.82 Å². The van der Waals surface area contributed by atoms with Gasteiger partial charge in [-0.2, -0.15) is 0 Å². The summed E-state index contributed by atoms with van der Waals surface area (Å²) in [4.78, 5) is 34.9. The van der Waals surface area contributed by atoms with Crippen molar-refractivity contribution < 1.29 is 28.4 Å². The van der Waals surface area contributed by atoms with Crippen molar-refractivity contribution in [1.82, 2.24) is 0 Å². The lowest BCUT2D eigenvalue weighted by molar-refractivity contribution is -0.385. The Hall–Kier alpha value is -3.29. The molecular formula is C19H18FNO6. The van der Waals surface area contributed by atoms with E-state index in [0.717, 1.165) is 12.1 Å². The topological polar surface area (TPSA) is 95.7 Å². The highest BCUT2D eigenvalue weighted by atomic mass is 19.1. The predicted molar refractivity (Wildman–Crippen MR) is 94.2 cm³/mol. The summed E-state index contributed by atoms with van der Waals surface area (Å²) < 4.78 is 23.4. The van der Waals surface area contributed by atoms with Crippen LogP contribution in [0.5, 0.6) is 5.75 Å². The van der Waals surface area contributed by atoms with Crippen LogP contribution in [0, 0.1) is 21.3 Å². The summed E-state index contributed by atoms with van der Waals surface area (Å²) in [6.45, 7) is 5.79. The number of nitro groups is 1. The first-order valence-corrected chi connectivity index (χ1v) is 8.01. The maximum atomic E-state index is 13.2. The van der Waals surface area contributed by atoms with E-state index in [4.69, 9.17) is 9.47 Å². The average Bonchev–Trinajstić information content (AvgIpc) is 2.60. The molecule has 0 radical (unpaired) electrons. The van der Waals surface area contributed by atoms with E-state index in [1.54, 1.807) is 6.07 Å². The molecule has 7 nitrogen and oxygen atoms in total. The smallest absolute Gasteiger partial charge is 0.344 e. The van der Waals surface area contributed by atoms with E-state index >= 15 is 0 Å². The van der Waals surface area contributed by atoms with Crippen molar-refractivity contribution in [3.05, 3.63) is 69.5 Å². The molecule has 0 aliphatic rings. The van der Waals surface area contributed by atoms with Crippen LogP contribution in [0.2, 0.25) is 0 Å². The molecule has 0 amide bonds. The van der Waals surface area contributed by atoms with Crippen LogP contribution in [0.25, 0.3) is 0 Å². The minimum atomic E-state index is -0.993. The summed E-state index contributed by atoms with van der Waals surface area (Å²) in [5, 5.41) is 11.0. The highest BCUT2D eigenvalue weighted by Gasteiger charge is 2.24. The predicted octanol–water partition coefficient (Wildman–Crippen LogP) is 4.16. The van der Waals surface area contributed by atoms with Crippen molar-refractivity contribution in [3.8, 4) is 5.75 Å². The number of carbonyl (C=O) groups excluding carboxylic acids is 2. The average molecular weight is 375 g/mol. The number of halogens is 1. The second kappa shape index (κ2) is 7.94. The molecule has 2 aromatic carbocycles. The van der Waals surface area contributed by atoms with Crippen LogP contribution >= 0.6 is 0 Å². The molecule has 0 fully saturated rings. The molecule has 0 aromatic heterocycles. The summed E-state index contributed by atoms with van der Waals surface area (Å²) in [5.74, 6) is -2.98. The van der Waals surface area contributed by atoms with Crippen LogP contribution in [-0.2, 0) is 4.74 Å². The highest BCUT2D eigenvalue weighted by Crippen LogP contribution is 2.28. The quantitative estimate of drug-likeness (QED) is 0.337. The molecule has 0 heterocycles. The van der Waals surface area contributed by atoms with Gasteiger partial charge in [0, 0.05) is 0 Å². The Bertz CT molecular complexity index is 888. The molecule has 142 valence electrons. The van der Waals surface area contributed by atoms with Gasteiger partial charge in [-0.1, -0.05) is 32.9 Å². The molecular weight excluding hydrogens is 357 g/mol. The molecule has 0 aliphatic carbocycles. The lowest BCUT2D eigenvalue weighted by atomic mass is 9.98. The summed E-state index contributed by atoms with van der Waals surface area (Å²) >= 11 is 0. The first kappa shape index (κ1) is 20.0. The molecule has 2 aromatic rings. The van der Waals surface area contributed by atoms with Gasteiger partial charge >= 0.3 is 17.6 Å². The third kappa shape index (κ3) is 5.34. The number of ether oxygens (including phenoxy) is 2. The molecule has 0 saturated heterocycles. The molecule has 0 spiro atoms. The molecule has 27 heavy (non-hydrogen) atoms. The number of rotatable bonds is 5. The lowest BCUT2D eigenvalue weighted by Crippen LogP contribution is -2.21. The Labute approximate surface area is 154 Å². The Kier molecular flexibility index (Phi) is 5.89. The number of hydrogen-bond acceptors (Lipinski definition) is 6. The SMILES string of the molecule is CC(C)(C)COC(=O)c1ccccc1C(=O)Oc1ccc(F)cc1[N+](=O)[O-]. The second-order valence-corrected chi connectivity index (χ2v) is 6.94. The van der Waals surface area contributed by atoms with E-state index in [9.17, 15) is 24.1 Å². The summed E-state index contributed by atoms with van der Waals surface area (Å²) in [6.07, 6.45) is 0. The minimum Gasteiger partial charge on any atom is -0.462 e. The van der Waals surface area contributed by atoms with E-state index in [1.165, 1.54) is 18.2 Å². The van der Waals surface area contributed by atoms with Gasteiger partial charge in [0.05, 0.1) is 28.7 Å². The summed E-state index contributed by atoms with van der Waals surface area (Å²) in [6, 6.07) is 8.34. The van der Waals surface area contributed by atoms with Gasteiger partial charge in [-0.05, 0) is 29.7 Å². The fourth-order valence-electron chi connectivity index (χ4n) is 2.07. The number of nitrogens with zero attached hydrogens (tertiary/aromatic N) is 1. The first-order chi connectivity index (χ1) is 12.6. The normalized spacial score (nSPS) is 11.0. The highest BCUT2D eigenvalue weighted by molar-refractivity contribution is 6.03. The van der Waals surface area contributed by atoms with Crippen LogP contribution in [0.1, 0.15) is 41.5 Å². The summed E-state index contributed by atoms with van der Waals surface area (Å²) in [7, 11) is 0. The van der Waals surface area contributed by atoms with Crippen LogP contribution in [-0.4, -0.2) is 23.5 Å². The van der Waals surface area contributed by atoms with E-state index in [1.807, 2.05) is 20.8 Å². The Morgan fingerprint density at radius 2 is 1.67 bits per heavy atom. The first-order valence-electron chi connectivity index (χ1n) is 8.01. The number of benzene rings is 2. The number of carbonyl (C=O) groups is 2. The number of esters is 2. The Balaban J connectivity index is 2.28. The van der Waals surface area contributed by atoms with Gasteiger partial charge < -0.3 is 9.47 Å². The third-order valence-corrected chi connectivity index (χ3v) is 3.32.